The van der Waals surface area contributed by atoms with Gasteiger partial charge in [0, 0.05) is 24.0 Å². The second-order valence-electron chi connectivity index (χ2n) is 4.36. The molecule has 0 radical (unpaired) electrons. The zero-order valence-electron chi connectivity index (χ0n) is 11.6. The fourth-order valence-corrected chi connectivity index (χ4v) is 1.88. The van der Waals surface area contributed by atoms with Crippen LogP contribution in [0.1, 0.15) is 5.56 Å². The molecule has 0 atom stereocenters. The molecule has 0 saturated carbocycles. The molecule has 0 saturated heterocycles. The number of rotatable bonds is 6. The summed E-state index contributed by atoms with van der Waals surface area (Å²) in [5, 5.41) is 12.2. The third kappa shape index (κ3) is 4.07. The molecule has 0 aliphatic heterocycles. The summed E-state index contributed by atoms with van der Waals surface area (Å²) in [5.41, 5.74) is 2.84. The SMILES string of the molecule is CN(c1ccccc1)c1ccccc1/C=N/OCC(=O)O. The summed E-state index contributed by atoms with van der Waals surface area (Å²) in [5.74, 6) is -1.05. The van der Waals surface area contributed by atoms with Gasteiger partial charge in [0.25, 0.3) is 0 Å². The predicted octanol–water partition coefficient (Wildman–Crippen LogP) is 2.89. The fraction of sp³-hybridized carbons (Fsp3) is 0.125. The van der Waals surface area contributed by atoms with Gasteiger partial charge in [0.15, 0.2) is 0 Å². The van der Waals surface area contributed by atoms with Gasteiger partial charge in [-0.3, -0.25) is 0 Å². The average molecular weight is 284 g/mol. The number of hydrogen-bond acceptors (Lipinski definition) is 4. The van der Waals surface area contributed by atoms with E-state index in [1.807, 2.05) is 66.5 Å². The lowest BCUT2D eigenvalue weighted by Gasteiger charge is -2.21. The molecule has 0 bridgehead atoms. The van der Waals surface area contributed by atoms with Crippen molar-refractivity contribution >= 4 is 23.6 Å². The van der Waals surface area contributed by atoms with E-state index in [0.717, 1.165) is 16.9 Å². The Balaban J connectivity index is 2.19. The highest BCUT2D eigenvalue weighted by molar-refractivity contribution is 5.89. The Bertz CT molecular complexity index is 626. The zero-order chi connectivity index (χ0) is 15.1. The maximum atomic E-state index is 10.4. The van der Waals surface area contributed by atoms with E-state index in [9.17, 15) is 4.79 Å². The Morgan fingerprint density at radius 2 is 1.86 bits per heavy atom. The first-order valence-electron chi connectivity index (χ1n) is 6.43. The Hall–Kier alpha value is -2.82. The van der Waals surface area contributed by atoms with Crippen LogP contribution in [-0.4, -0.2) is 30.9 Å². The molecule has 0 unspecified atom stereocenters. The van der Waals surface area contributed by atoms with Gasteiger partial charge in [0.05, 0.1) is 6.21 Å². The first-order valence-corrected chi connectivity index (χ1v) is 6.43. The Morgan fingerprint density at radius 1 is 1.19 bits per heavy atom. The van der Waals surface area contributed by atoms with Crippen molar-refractivity contribution in [2.24, 2.45) is 5.16 Å². The van der Waals surface area contributed by atoms with E-state index >= 15 is 0 Å². The third-order valence-electron chi connectivity index (χ3n) is 2.90. The van der Waals surface area contributed by atoms with Crippen molar-refractivity contribution in [2.45, 2.75) is 0 Å². The lowest BCUT2D eigenvalue weighted by Crippen LogP contribution is -2.11. The van der Waals surface area contributed by atoms with Gasteiger partial charge in [-0.25, -0.2) is 4.79 Å². The minimum Gasteiger partial charge on any atom is -0.479 e. The standard InChI is InChI=1S/C16H16N2O3/c1-18(14-8-3-2-4-9-14)15-10-6-5-7-13(15)11-17-21-12-16(19)20/h2-11H,12H2,1H3,(H,19,20)/b17-11+. The van der Waals surface area contributed by atoms with Gasteiger partial charge in [0.1, 0.15) is 0 Å². The second-order valence-corrected chi connectivity index (χ2v) is 4.36. The normalized spacial score (nSPS) is 10.5. The highest BCUT2D eigenvalue weighted by atomic mass is 16.6. The highest BCUT2D eigenvalue weighted by Crippen LogP contribution is 2.25. The van der Waals surface area contributed by atoms with Gasteiger partial charge in [0.2, 0.25) is 6.61 Å². The van der Waals surface area contributed by atoms with Crippen LogP contribution in [-0.2, 0) is 9.63 Å². The maximum Gasteiger partial charge on any atom is 0.344 e. The Kier molecular flexibility index (Phi) is 4.93. The van der Waals surface area contributed by atoms with Gasteiger partial charge in [-0.05, 0) is 18.2 Å². The van der Waals surface area contributed by atoms with Gasteiger partial charge in [-0.2, -0.15) is 0 Å². The summed E-state index contributed by atoms with van der Waals surface area (Å²) in [6.07, 6.45) is 1.51. The highest BCUT2D eigenvalue weighted by Gasteiger charge is 2.07. The van der Waals surface area contributed by atoms with Gasteiger partial charge in [-0.15, -0.1) is 0 Å². The van der Waals surface area contributed by atoms with Crippen LogP contribution in [0.5, 0.6) is 0 Å². The number of aliphatic carboxylic acids is 1. The lowest BCUT2D eigenvalue weighted by atomic mass is 10.1. The number of oxime groups is 1. The fourth-order valence-electron chi connectivity index (χ4n) is 1.88. The quantitative estimate of drug-likeness (QED) is 0.654. The summed E-state index contributed by atoms with van der Waals surface area (Å²) in [6.45, 7) is -0.451. The van der Waals surface area contributed by atoms with E-state index in [0.29, 0.717) is 0 Å². The molecule has 0 aliphatic carbocycles. The van der Waals surface area contributed by atoms with Crippen LogP contribution < -0.4 is 4.90 Å². The Morgan fingerprint density at radius 3 is 2.57 bits per heavy atom. The van der Waals surface area contributed by atoms with Gasteiger partial charge in [-0.1, -0.05) is 41.6 Å². The largest absolute Gasteiger partial charge is 0.479 e. The maximum absolute atomic E-state index is 10.4. The van der Waals surface area contributed by atoms with E-state index in [4.69, 9.17) is 9.94 Å². The average Bonchev–Trinajstić information content (AvgIpc) is 2.52. The monoisotopic (exact) mass is 284 g/mol. The molecule has 0 aromatic heterocycles. The molecule has 0 aliphatic rings. The molecule has 2 rings (SSSR count). The van der Waals surface area contributed by atoms with E-state index in [1.165, 1.54) is 6.21 Å². The molecule has 2 aromatic carbocycles. The first kappa shape index (κ1) is 14.6. The van der Waals surface area contributed by atoms with E-state index in [1.54, 1.807) is 0 Å². The number of hydrogen-bond donors (Lipinski definition) is 1. The van der Waals surface area contributed by atoms with Crippen LogP contribution in [0, 0.1) is 0 Å². The second kappa shape index (κ2) is 7.09. The molecule has 0 fully saturated rings. The summed E-state index contributed by atoms with van der Waals surface area (Å²) in [6, 6.07) is 17.6. The molecule has 1 N–H and O–H groups in total. The van der Waals surface area contributed by atoms with E-state index < -0.39 is 12.6 Å². The number of carbonyl (C=O) groups is 1. The molecule has 21 heavy (non-hydrogen) atoms. The number of carboxylic acids is 1. The molecule has 5 nitrogen and oxygen atoms in total. The van der Waals surface area contributed by atoms with Gasteiger partial charge >= 0.3 is 5.97 Å². The van der Waals surface area contributed by atoms with Crippen LogP contribution in [0.15, 0.2) is 59.8 Å². The van der Waals surface area contributed by atoms with Crippen molar-refractivity contribution in [1.29, 1.82) is 0 Å². The predicted molar refractivity (Wildman–Crippen MR) is 82.1 cm³/mol. The lowest BCUT2D eigenvalue weighted by molar-refractivity contribution is -0.142. The summed E-state index contributed by atoms with van der Waals surface area (Å²) < 4.78 is 0. The molecule has 0 spiro atoms. The van der Waals surface area contributed by atoms with Crippen LogP contribution >= 0.6 is 0 Å². The van der Waals surface area contributed by atoms with Crippen molar-refractivity contribution in [1.82, 2.24) is 0 Å². The molecule has 0 heterocycles. The molecule has 2 aromatic rings. The van der Waals surface area contributed by atoms with Crippen LogP contribution in [0.2, 0.25) is 0 Å². The first-order chi connectivity index (χ1) is 10.2. The van der Waals surface area contributed by atoms with E-state index in [-0.39, 0.29) is 0 Å². The molecule has 5 heteroatoms. The Labute approximate surface area is 123 Å². The van der Waals surface area contributed by atoms with Crippen molar-refractivity contribution in [3.8, 4) is 0 Å². The minimum absolute atomic E-state index is 0.451. The summed E-state index contributed by atoms with van der Waals surface area (Å²) in [4.78, 5) is 17.1. The number of carboxylic acid groups (broad SMARTS) is 1. The minimum atomic E-state index is -1.05. The van der Waals surface area contributed by atoms with Crippen LogP contribution in [0.4, 0.5) is 11.4 Å². The van der Waals surface area contributed by atoms with E-state index in [2.05, 4.69) is 5.16 Å². The molecular formula is C16H16N2O3. The molecule has 0 amide bonds. The van der Waals surface area contributed by atoms with Gasteiger partial charge < -0.3 is 14.8 Å². The van der Waals surface area contributed by atoms with Crippen LogP contribution in [0.25, 0.3) is 0 Å². The number of anilines is 2. The number of nitrogens with zero attached hydrogens (tertiary/aromatic N) is 2. The number of benzene rings is 2. The van der Waals surface area contributed by atoms with Crippen molar-refractivity contribution in [3.63, 3.8) is 0 Å². The van der Waals surface area contributed by atoms with Crippen molar-refractivity contribution in [3.05, 3.63) is 60.2 Å². The zero-order valence-corrected chi connectivity index (χ0v) is 11.6. The third-order valence-corrected chi connectivity index (χ3v) is 2.90. The van der Waals surface area contributed by atoms with Crippen molar-refractivity contribution in [2.75, 3.05) is 18.6 Å². The number of para-hydroxylation sites is 2. The summed E-state index contributed by atoms with van der Waals surface area (Å²) >= 11 is 0. The molecular weight excluding hydrogens is 268 g/mol. The van der Waals surface area contributed by atoms with Crippen LogP contribution in [0.3, 0.4) is 0 Å². The van der Waals surface area contributed by atoms with Crippen molar-refractivity contribution < 1.29 is 14.7 Å². The summed E-state index contributed by atoms with van der Waals surface area (Å²) in [7, 11) is 1.96. The smallest absolute Gasteiger partial charge is 0.344 e. The molecule has 108 valence electrons. The topological polar surface area (TPSA) is 62.1 Å².